The number of rotatable bonds is 4. The van der Waals surface area contributed by atoms with E-state index in [9.17, 15) is 4.39 Å². The Bertz CT molecular complexity index is 960. The number of fused-ring (bicyclic) bond motifs is 1. The number of ether oxygens (including phenoxy) is 2. The molecule has 0 aliphatic carbocycles. The Morgan fingerprint density at radius 3 is 2.86 bits per heavy atom. The predicted octanol–water partition coefficient (Wildman–Crippen LogP) is 2.21. The number of aromatic amines is 1. The quantitative estimate of drug-likeness (QED) is 0.713. The van der Waals surface area contributed by atoms with E-state index in [1.165, 1.54) is 11.0 Å². The molecule has 5 nitrogen and oxygen atoms in total. The highest BCUT2D eigenvalue weighted by Crippen LogP contribution is 2.36. The van der Waals surface area contributed by atoms with Gasteiger partial charge in [-0.1, -0.05) is 6.07 Å². The molecule has 0 amide bonds. The fourth-order valence-corrected chi connectivity index (χ4v) is 4.73. The van der Waals surface area contributed by atoms with Gasteiger partial charge in [0.2, 0.25) is 6.29 Å². The molecule has 5 rings (SSSR count). The van der Waals surface area contributed by atoms with Gasteiger partial charge in [-0.3, -0.25) is 4.90 Å². The molecule has 2 aromatic heterocycles. The Morgan fingerprint density at radius 2 is 2.10 bits per heavy atom. The lowest BCUT2D eigenvalue weighted by atomic mass is 10.1. The summed E-state index contributed by atoms with van der Waals surface area (Å²) < 4.78 is 26.2. The number of nitrogens with zero attached hydrogens (tertiary/aromatic N) is 1. The van der Waals surface area contributed by atoms with E-state index in [0.29, 0.717) is 6.61 Å². The van der Waals surface area contributed by atoms with E-state index in [1.807, 2.05) is 35.2 Å². The van der Waals surface area contributed by atoms with Crippen molar-refractivity contribution in [2.45, 2.75) is 19.4 Å². The first-order valence-electron chi connectivity index (χ1n) is 9.93. The van der Waals surface area contributed by atoms with Gasteiger partial charge in [-0.25, -0.2) is 9.37 Å². The van der Waals surface area contributed by atoms with E-state index in [2.05, 4.69) is 16.0 Å². The fourth-order valence-electron chi connectivity index (χ4n) is 4.07. The Kier molecular flexibility index (Phi) is 5.18. The molecule has 1 fully saturated rings. The number of piperazine rings is 1. The summed E-state index contributed by atoms with van der Waals surface area (Å²) in [7, 11) is 0. The van der Waals surface area contributed by atoms with Crippen molar-refractivity contribution in [2.75, 3.05) is 31.1 Å². The number of aromatic nitrogens is 1. The lowest BCUT2D eigenvalue weighted by Crippen LogP contribution is -3.13. The molecule has 29 heavy (non-hydrogen) atoms. The van der Waals surface area contributed by atoms with Crippen molar-refractivity contribution in [3.05, 3.63) is 75.9 Å². The van der Waals surface area contributed by atoms with Crippen LogP contribution in [-0.4, -0.2) is 26.2 Å². The zero-order chi connectivity index (χ0) is 19.6. The Balaban J connectivity index is 1.30. The van der Waals surface area contributed by atoms with Crippen molar-refractivity contribution in [2.24, 2.45) is 0 Å². The summed E-state index contributed by atoms with van der Waals surface area (Å²) >= 11 is 1.62. The number of H-pyrrole nitrogens is 1. The molecule has 0 unspecified atom stereocenters. The molecule has 1 saturated heterocycles. The molecule has 2 aliphatic rings. The first-order chi connectivity index (χ1) is 14.3. The second-order valence-electron chi connectivity index (χ2n) is 7.53. The van der Waals surface area contributed by atoms with Crippen LogP contribution in [0.15, 0.2) is 53.4 Å². The third-order valence-electron chi connectivity index (χ3n) is 5.58. The molecule has 1 atom stereocenters. The van der Waals surface area contributed by atoms with E-state index >= 15 is 0 Å². The molecule has 150 valence electrons. The number of hydrogen-bond acceptors (Lipinski definition) is 4. The van der Waals surface area contributed by atoms with Gasteiger partial charge in [0, 0.05) is 22.6 Å². The normalized spacial score (nSPS) is 19.6. The van der Waals surface area contributed by atoms with Gasteiger partial charge in [0.25, 0.3) is 5.82 Å². The second-order valence-corrected chi connectivity index (χ2v) is 8.31. The van der Waals surface area contributed by atoms with Gasteiger partial charge < -0.3 is 14.4 Å². The van der Waals surface area contributed by atoms with Crippen LogP contribution in [0.1, 0.15) is 23.0 Å². The van der Waals surface area contributed by atoms with Gasteiger partial charge >= 0.3 is 0 Å². The minimum absolute atomic E-state index is 0.225. The summed E-state index contributed by atoms with van der Waals surface area (Å²) in [5.74, 6) is 1.71. The van der Waals surface area contributed by atoms with Gasteiger partial charge in [0.15, 0.2) is 0 Å². The van der Waals surface area contributed by atoms with Crippen molar-refractivity contribution < 1.29 is 23.7 Å². The van der Waals surface area contributed by atoms with Crippen LogP contribution >= 0.6 is 11.3 Å². The lowest BCUT2D eigenvalue weighted by Gasteiger charge is -2.31. The van der Waals surface area contributed by atoms with Crippen LogP contribution in [0.25, 0.3) is 0 Å². The Morgan fingerprint density at radius 1 is 1.21 bits per heavy atom. The smallest absolute Gasteiger partial charge is 0.274 e. The highest BCUT2D eigenvalue weighted by atomic mass is 32.1. The Labute approximate surface area is 173 Å². The number of hydrogen-bond donors (Lipinski definition) is 1. The van der Waals surface area contributed by atoms with Gasteiger partial charge in [-0.2, -0.15) is 11.3 Å². The number of nitrogens with one attached hydrogen (secondary N) is 2. The topological polar surface area (TPSA) is 40.3 Å². The first kappa shape index (κ1) is 18.5. The van der Waals surface area contributed by atoms with Crippen molar-refractivity contribution in [3.63, 3.8) is 0 Å². The third kappa shape index (κ3) is 3.99. The Hall–Kier alpha value is -2.48. The summed E-state index contributed by atoms with van der Waals surface area (Å²) in [5, 5.41) is 4.04. The van der Waals surface area contributed by atoms with Crippen LogP contribution in [0.3, 0.4) is 0 Å². The molecule has 0 saturated carbocycles. The second kappa shape index (κ2) is 8.10. The number of anilines is 1. The largest absolute Gasteiger partial charge is 0.460 e. The van der Waals surface area contributed by atoms with Crippen molar-refractivity contribution in [1.82, 2.24) is 0 Å². The van der Waals surface area contributed by atoms with Gasteiger partial charge in [-0.05, 0) is 29.6 Å². The van der Waals surface area contributed by atoms with E-state index in [-0.39, 0.29) is 5.82 Å². The number of thiophene rings is 1. The minimum Gasteiger partial charge on any atom is -0.460 e. The molecule has 0 spiro atoms. The van der Waals surface area contributed by atoms with E-state index in [0.717, 1.165) is 61.0 Å². The number of pyridine rings is 1. The molecular weight excluding hydrogens is 389 g/mol. The third-order valence-corrected chi connectivity index (χ3v) is 6.28. The molecule has 4 heterocycles. The van der Waals surface area contributed by atoms with Gasteiger partial charge in [0.1, 0.15) is 44.3 Å². The SMILES string of the molecule is Fc1cc2c(c(C[NH+]3CCN(c4cccc[nH+]4)CC3)c1)O[C@@H](c1ccsc1)OC2. The maximum atomic E-state index is 14.2. The predicted molar refractivity (Wildman–Crippen MR) is 108 cm³/mol. The average molecular weight is 414 g/mol. The van der Waals surface area contributed by atoms with Crippen molar-refractivity contribution in [3.8, 4) is 5.75 Å². The maximum absolute atomic E-state index is 14.2. The monoisotopic (exact) mass is 413 g/mol. The molecule has 0 radical (unpaired) electrons. The number of halogens is 1. The van der Waals surface area contributed by atoms with Crippen LogP contribution in [0.2, 0.25) is 0 Å². The highest BCUT2D eigenvalue weighted by molar-refractivity contribution is 7.07. The van der Waals surface area contributed by atoms with Crippen LogP contribution in [-0.2, 0) is 17.9 Å². The van der Waals surface area contributed by atoms with Crippen LogP contribution in [0.4, 0.5) is 10.2 Å². The van der Waals surface area contributed by atoms with E-state index < -0.39 is 6.29 Å². The zero-order valence-corrected chi connectivity index (χ0v) is 16.9. The summed E-state index contributed by atoms with van der Waals surface area (Å²) in [4.78, 5) is 7.10. The molecule has 0 bridgehead atoms. The fraction of sp³-hybridized carbons (Fsp3) is 0.318. The first-order valence-corrected chi connectivity index (χ1v) is 10.9. The van der Waals surface area contributed by atoms with Crippen LogP contribution < -0.4 is 19.5 Å². The number of quaternary nitrogens is 1. The minimum atomic E-state index is -0.418. The molecule has 3 aromatic rings. The standard InChI is InChI=1S/C22H22FN3O2S/c23-19-11-17(13-25-6-8-26(9-7-25)20-3-1-2-5-24-20)21-18(12-19)14-27-22(28-21)16-4-10-29-15-16/h1-5,10-12,15,22H,6-9,13-14H2/p+2/t22-/m0/s1. The maximum Gasteiger partial charge on any atom is 0.274 e. The van der Waals surface area contributed by atoms with Gasteiger partial charge in [0.05, 0.1) is 18.4 Å². The molecule has 1 aromatic carbocycles. The van der Waals surface area contributed by atoms with Gasteiger partial charge in [-0.15, -0.1) is 0 Å². The summed E-state index contributed by atoms with van der Waals surface area (Å²) in [6.45, 7) is 5.05. The molecule has 7 heteroatoms. The summed E-state index contributed by atoms with van der Waals surface area (Å²) in [6, 6.07) is 11.3. The molecular formula is C22H24FN3O2S+2. The highest BCUT2D eigenvalue weighted by Gasteiger charge is 2.30. The van der Waals surface area contributed by atoms with Crippen LogP contribution in [0.5, 0.6) is 5.75 Å². The molecule has 2 N–H and O–H groups in total. The summed E-state index contributed by atoms with van der Waals surface area (Å²) in [5.41, 5.74) is 2.73. The van der Waals surface area contributed by atoms with Crippen LogP contribution in [0, 0.1) is 5.82 Å². The van der Waals surface area contributed by atoms with Crippen molar-refractivity contribution in [1.29, 1.82) is 0 Å². The zero-order valence-electron chi connectivity index (χ0n) is 16.1. The number of benzene rings is 1. The van der Waals surface area contributed by atoms with E-state index in [1.54, 1.807) is 17.4 Å². The lowest BCUT2D eigenvalue weighted by molar-refractivity contribution is -0.914. The van der Waals surface area contributed by atoms with Crippen molar-refractivity contribution >= 4 is 17.2 Å². The molecule has 2 aliphatic heterocycles. The van der Waals surface area contributed by atoms with E-state index in [4.69, 9.17) is 9.47 Å². The average Bonchev–Trinajstić information content (AvgIpc) is 3.30. The summed E-state index contributed by atoms with van der Waals surface area (Å²) in [6.07, 6.45) is 1.54.